The highest BCUT2D eigenvalue weighted by atomic mass is 19.4. The Bertz CT molecular complexity index is 470. The standard InChI is InChI=1S/C12H14F3N3O2/c13-12(14,15)20-10-3-1-9(2-4-10)17-11(19)18-6-8(5-16)7-18/h1-4,8H,5-7,16H2,(H,17,19). The fourth-order valence-corrected chi connectivity index (χ4v) is 1.83. The average molecular weight is 289 g/mol. The Balaban J connectivity index is 1.86. The van der Waals surface area contributed by atoms with Crippen LogP contribution in [0, 0.1) is 5.92 Å². The molecule has 8 heteroatoms. The third-order valence-corrected chi connectivity index (χ3v) is 2.92. The van der Waals surface area contributed by atoms with Crippen molar-refractivity contribution < 1.29 is 22.7 Å². The Morgan fingerprint density at radius 1 is 1.35 bits per heavy atom. The summed E-state index contributed by atoms with van der Waals surface area (Å²) in [6.45, 7) is 1.72. The summed E-state index contributed by atoms with van der Waals surface area (Å²) in [5.41, 5.74) is 5.86. The maximum atomic E-state index is 12.0. The maximum absolute atomic E-state index is 12.0. The molecule has 1 fully saturated rings. The summed E-state index contributed by atoms with van der Waals surface area (Å²) in [5.74, 6) is -0.00837. The number of anilines is 1. The number of nitrogens with zero attached hydrogens (tertiary/aromatic N) is 1. The Labute approximate surface area is 113 Å². The smallest absolute Gasteiger partial charge is 0.406 e. The van der Waals surface area contributed by atoms with Gasteiger partial charge >= 0.3 is 12.4 Å². The summed E-state index contributed by atoms with van der Waals surface area (Å²) in [6.07, 6.45) is -4.72. The van der Waals surface area contributed by atoms with Crippen molar-refractivity contribution in [2.75, 3.05) is 25.0 Å². The minimum atomic E-state index is -4.72. The number of alkyl halides is 3. The number of halogens is 3. The maximum Gasteiger partial charge on any atom is 0.573 e. The van der Waals surface area contributed by atoms with E-state index in [4.69, 9.17) is 5.73 Å². The molecule has 0 unspecified atom stereocenters. The Hall–Kier alpha value is -1.96. The minimum absolute atomic E-state index is 0.292. The summed E-state index contributed by atoms with van der Waals surface area (Å²) in [5, 5.41) is 2.59. The minimum Gasteiger partial charge on any atom is -0.406 e. The summed E-state index contributed by atoms with van der Waals surface area (Å²) in [4.78, 5) is 13.3. The first-order valence-corrected chi connectivity index (χ1v) is 5.99. The van der Waals surface area contributed by atoms with Crippen molar-refractivity contribution in [1.82, 2.24) is 4.90 Å². The van der Waals surface area contributed by atoms with Crippen LogP contribution in [0.2, 0.25) is 0 Å². The van der Waals surface area contributed by atoms with Gasteiger partial charge in [-0.15, -0.1) is 13.2 Å². The number of likely N-dealkylation sites (tertiary alicyclic amines) is 1. The highest BCUT2D eigenvalue weighted by Gasteiger charge is 2.31. The van der Waals surface area contributed by atoms with Gasteiger partial charge in [-0.1, -0.05) is 0 Å². The molecule has 20 heavy (non-hydrogen) atoms. The van der Waals surface area contributed by atoms with Crippen LogP contribution in [0.3, 0.4) is 0 Å². The molecular weight excluding hydrogens is 275 g/mol. The fourth-order valence-electron chi connectivity index (χ4n) is 1.83. The number of urea groups is 1. The van der Waals surface area contributed by atoms with Crippen LogP contribution in [0.4, 0.5) is 23.7 Å². The Kier molecular flexibility index (Phi) is 4.03. The van der Waals surface area contributed by atoms with Gasteiger partial charge in [0, 0.05) is 24.7 Å². The van der Waals surface area contributed by atoms with E-state index in [1.54, 1.807) is 4.90 Å². The first kappa shape index (κ1) is 14.4. The van der Waals surface area contributed by atoms with Crippen LogP contribution in [0.1, 0.15) is 0 Å². The molecule has 0 atom stereocenters. The van der Waals surface area contributed by atoms with Crippen molar-refractivity contribution in [2.24, 2.45) is 11.7 Å². The van der Waals surface area contributed by atoms with Crippen LogP contribution in [0.5, 0.6) is 5.75 Å². The molecule has 1 aliphatic heterocycles. The van der Waals surface area contributed by atoms with Gasteiger partial charge in [0.25, 0.3) is 0 Å². The van der Waals surface area contributed by atoms with E-state index < -0.39 is 6.36 Å². The van der Waals surface area contributed by atoms with Gasteiger partial charge in [-0.3, -0.25) is 0 Å². The number of carbonyl (C=O) groups excluding carboxylic acids is 1. The summed E-state index contributed by atoms with van der Waals surface area (Å²) >= 11 is 0. The lowest BCUT2D eigenvalue weighted by atomic mass is 10.0. The van der Waals surface area contributed by atoms with Crippen LogP contribution in [0.25, 0.3) is 0 Å². The van der Waals surface area contributed by atoms with Gasteiger partial charge in [0.05, 0.1) is 0 Å². The number of benzene rings is 1. The van der Waals surface area contributed by atoms with Crippen molar-refractivity contribution >= 4 is 11.7 Å². The number of nitrogens with two attached hydrogens (primary N) is 1. The molecule has 0 saturated carbocycles. The predicted octanol–water partition coefficient (Wildman–Crippen LogP) is 2.01. The SMILES string of the molecule is NCC1CN(C(=O)Nc2ccc(OC(F)(F)F)cc2)C1. The Morgan fingerprint density at radius 2 is 1.95 bits per heavy atom. The van der Waals surface area contributed by atoms with Crippen LogP contribution in [-0.2, 0) is 0 Å². The van der Waals surface area contributed by atoms with Gasteiger partial charge in [0.1, 0.15) is 5.75 Å². The highest BCUT2D eigenvalue weighted by molar-refractivity contribution is 5.89. The van der Waals surface area contributed by atoms with Crippen LogP contribution in [0.15, 0.2) is 24.3 Å². The van der Waals surface area contributed by atoms with E-state index in [0.29, 0.717) is 31.2 Å². The van der Waals surface area contributed by atoms with Gasteiger partial charge in [-0.05, 0) is 30.8 Å². The van der Waals surface area contributed by atoms with Gasteiger partial charge in [0.15, 0.2) is 0 Å². The molecule has 2 amide bonds. The molecule has 5 nitrogen and oxygen atoms in total. The molecule has 2 rings (SSSR count). The summed E-state index contributed by atoms with van der Waals surface area (Å²) in [7, 11) is 0. The molecule has 1 aromatic carbocycles. The first-order chi connectivity index (χ1) is 9.37. The number of amides is 2. The number of ether oxygens (including phenoxy) is 1. The van der Waals surface area contributed by atoms with E-state index in [-0.39, 0.29) is 11.8 Å². The fraction of sp³-hybridized carbons (Fsp3) is 0.417. The van der Waals surface area contributed by atoms with Crippen LogP contribution < -0.4 is 15.8 Å². The molecule has 1 saturated heterocycles. The summed E-state index contributed by atoms with van der Waals surface area (Å²) < 4.78 is 39.7. The number of hydrogen-bond donors (Lipinski definition) is 2. The van der Waals surface area contributed by atoms with Gasteiger partial charge in [-0.2, -0.15) is 0 Å². The van der Waals surface area contributed by atoms with E-state index >= 15 is 0 Å². The zero-order valence-electron chi connectivity index (χ0n) is 10.5. The lowest BCUT2D eigenvalue weighted by molar-refractivity contribution is -0.274. The molecule has 1 aliphatic rings. The average Bonchev–Trinajstić information content (AvgIpc) is 2.28. The van der Waals surface area contributed by atoms with Gasteiger partial charge < -0.3 is 20.7 Å². The lowest BCUT2D eigenvalue weighted by Gasteiger charge is -2.38. The second-order valence-corrected chi connectivity index (χ2v) is 4.51. The molecule has 0 aliphatic carbocycles. The van der Waals surface area contributed by atoms with E-state index in [1.807, 2.05) is 0 Å². The molecule has 1 aromatic rings. The third kappa shape index (κ3) is 3.77. The van der Waals surface area contributed by atoms with E-state index in [9.17, 15) is 18.0 Å². The lowest BCUT2D eigenvalue weighted by Crippen LogP contribution is -2.53. The van der Waals surface area contributed by atoms with E-state index in [0.717, 1.165) is 12.1 Å². The number of rotatable bonds is 3. The zero-order valence-corrected chi connectivity index (χ0v) is 10.5. The normalized spacial score (nSPS) is 15.7. The first-order valence-electron chi connectivity index (χ1n) is 5.99. The zero-order chi connectivity index (χ0) is 14.8. The molecule has 3 N–H and O–H groups in total. The number of nitrogens with one attached hydrogen (secondary N) is 1. The molecule has 0 spiro atoms. The summed E-state index contributed by atoms with van der Waals surface area (Å²) in [6, 6.07) is 4.68. The molecule has 0 radical (unpaired) electrons. The quantitative estimate of drug-likeness (QED) is 0.894. The van der Waals surface area contributed by atoms with Gasteiger partial charge in [0.2, 0.25) is 0 Å². The van der Waals surface area contributed by atoms with Crippen molar-refractivity contribution in [3.05, 3.63) is 24.3 Å². The van der Waals surface area contributed by atoms with Crippen molar-refractivity contribution in [3.8, 4) is 5.75 Å². The van der Waals surface area contributed by atoms with E-state index in [2.05, 4.69) is 10.1 Å². The molecular formula is C12H14F3N3O2. The van der Waals surface area contributed by atoms with Crippen molar-refractivity contribution in [2.45, 2.75) is 6.36 Å². The van der Waals surface area contributed by atoms with Gasteiger partial charge in [-0.25, -0.2) is 4.79 Å². The van der Waals surface area contributed by atoms with Crippen LogP contribution in [-0.4, -0.2) is 36.9 Å². The Morgan fingerprint density at radius 3 is 2.45 bits per heavy atom. The van der Waals surface area contributed by atoms with Crippen molar-refractivity contribution in [3.63, 3.8) is 0 Å². The predicted molar refractivity (Wildman–Crippen MR) is 66.3 cm³/mol. The second-order valence-electron chi connectivity index (χ2n) is 4.51. The highest BCUT2D eigenvalue weighted by Crippen LogP contribution is 2.24. The van der Waals surface area contributed by atoms with Crippen molar-refractivity contribution in [1.29, 1.82) is 0 Å². The van der Waals surface area contributed by atoms with Crippen LogP contribution >= 0.6 is 0 Å². The second kappa shape index (κ2) is 5.58. The monoisotopic (exact) mass is 289 g/mol. The third-order valence-electron chi connectivity index (χ3n) is 2.92. The number of hydrogen-bond acceptors (Lipinski definition) is 3. The number of carbonyl (C=O) groups is 1. The molecule has 1 heterocycles. The molecule has 0 bridgehead atoms. The molecule has 0 aromatic heterocycles. The largest absolute Gasteiger partial charge is 0.573 e. The van der Waals surface area contributed by atoms with E-state index in [1.165, 1.54) is 12.1 Å². The molecule has 110 valence electrons. The topological polar surface area (TPSA) is 67.6 Å².